The van der Waals surface area contributed by atoms with Gasteiger partial charge in [0, 0.05) is 17.7 Å². The number of nitrogens with zero attached hydrogens (tertiary/aromatic N) is 1. The average molecular weight is 173 g/mol. The van der Waals surface area contributed by atoms with Crippen molar-refractivity contribution >= 4 is 17.2 Å². The third-order valence-electron chi connectivity index (χ3n) is 2.24. The number of benzene rings is 1. The fraction of sp³-hybridized carbons (Fsp3) is 0.273. The maximum absolute atomic E-state index is 11.1. The van der Waals surface area contributed by atoms with Gasteiger partial charge in [0.25, 0.3) is 0 Å². The van der Waals surface area contributed by atoms with E-state index in [1.54, 1.807) is 6.92 Å². The van der Waals surface area contributed by atoms with Gasteiger partial charge in [-0.3, -0.25) is 9.79 Å². The lowest BCUT2D eigenvalue weighted by Crippen LogP contribution is -1.94. The Morgan fingerprint density at radius 3 is 2.92 bits per heavy atom. The fourth-order valence-corrected chi connectivity index (χ4v) is 1.58. The number of carbonyl (C=O) groups excluding carboxylic acids is 1. The summed E-state index contributed by atoms with van der Waals surface area (Å²) in [6.07, 6.45) is 0.885. The molecular formula is C11H11NO. The van der Waals surface area contributed by atoms with E-state index in [0.717, 1.165) is 23.4 Å². The molecule has 0 aromatic heterocycles. The zero-order valence-corrected chi connectivity index (χ0v) is 7.79. The Labute approximate surface area is 77.3 Å². The Hall–Kier alpha value is -1.44. The molecule has 1 aliphatic heterocycles. The highest BCUT2D eigenvalue weighted by Crippen LogP contribution is 2.27. The highest BCUT2D eigenvalue weighted by atomic mass is 16.1. The predicted octanol–water partition coefficient (Wildman–Crippen LogP) is 2.54. The summed E-state index contributed by atoms with van der Waals surface area (Å²) in [7, 11) is 0. The molecule has 2 rings (SSSR count). The zero-order valence-electron chi connectivity index (χ0n) is 7.79. The maximum Gasteiger partial charge on any atom is 0.159 e. The molecule has 1 heterocycles. The Bertz CT molecular complexity index is 405. The van der Waals surface area contributed by atoms with Crippen LogP contribution < -0.4 is 0 Å². The van der Waals surface area contributed by atoms with Gasteiger partial charge in [-0.2, -0.15) is 0 Å². The van der Waals surface area contributed by atoms with Crippen LogP contribution in [0.3, 0.4) is 0 Å². The molecule has 2 nitrogen and oxygen atoms in total. The first-order chi connectivity index (χ1) is 6.16. The van der Waals surface area contributed by atoms with Crippen LogP contribution in [0.2, 0.25) is 0 Å². The Morgan fingerprint density at radius 1 is 1.46 bits per heavy atom. The number of ketones is 1. The molecule has 66 valence electrons. The van der Waals surface area contributed by atoms with Crippen molar-refractivity contribution < 1.29 is 4.79 Å². The smallest absolute Gasteiger partial charge is 0.159 e. The molecular weight excluding hydrogens is 162 g/mol. The van der Waals surface area contributed by atoms with Crippen LogP contribution in [0.5, 0.6) is 0 Å². The molecule has 0 atom stereocenters. The molecule has 0 unspecified atom stereocenters. The van der Waals surface area contributed by atoms with Gasteiger partial charge in [0.2, 0.25) is 0 Å². The molecule has 0 saturated heterocycles. The topological polar surface area (TPSA) is 29.4 Å². The summed E-state index contributed by atoms with van der Waals surface area (Å²) in [4.78, 5) is 15.4. The van der Waals surface area contributed by atoms with Crippen molar-refractivity contribution in [2.75, 3.05) is 0 Å². The largest absolute Gasteiger partial charge is 0.295 e. The van der Waals surface area contributed by atoms with Crippen LogP contribution in [0.15, 0.2) is 23.2 Å². The molecule has 1 aromatic carbocycles. The van der Waals surface area contributed by atoms with Gasteiger partial charge in [-0.1, -0.05) is 0 Å². The molecule has 0 N–H and O–H groups in total. The summed E-state index contributed by atoms with van der Waals surface area (Å²) in [6.45, 7) is 3.60. The van der Waals surface area contributed by atoms with Crippen LogP contribution in [-0.2, 0) is 6.42 Å². The van der Waals surface area contributed by atoms with Crippen LogP contribution >= 0.6 is 0 Å². The predicted molar refractivity (Wildman–Crippen MR) is 52.9 cm³/mol. The van der Waals surface area contributed by atoms with Crippen LogP contribution in [0.25, 0.3) is 0 Å². The number of hydrogen-bond donors (Lipinski definition) is 0. The Kier molecular flexibility index (Phi) is 1.76. The molecule has 0 amide bonds. The van der Waals surface area contributed by atoms with Crippen molar-refractivity contribution in [3.05, 3.63) is 29.3 Å². The number of hydrogen-bond acceptors (Lipinski definition) is 2. The summed E-state index contributed by atoms with van der Waals surface area (Å²) in [5, 5.41) is 0. The summed E-state index contributed by atoms with van der Waals surface area (Å²) in [6, 6.07) is 5.70. The van der Waals surface area contributed by atoms with Crippen molar-refractivity contribution in [3.63, 3.8) is 0 Å². The summed E-state index contributed by atoms with van der Waals surface area (Å²) in [5.74, 6) is 0.118. The number of fused-ring (bicyclic) bond motifs is 1. The summed E-state index contributed by atoms with van der Waals surface area (Å²) >= 11 is 0. The van der Waals surface area contributed by atoms with E-state index in [2.05, 4.69) is 4.99 Å². The maximum atomic E-state index is 11.1. The Balaban J connectivity index is 2.45. The minimum atomic E-state index is 0.118. The normalized spacial score (nSPS) is 13.8. The van der Waals surface area contributed by atoms with Crippen molar-refractivity contribution in [3.8, 4) is 0 Å². The quantitative estimate of drug-likeness (QED) is 0.600. The molecule has 0 fully saturated rings. The number of Topliss-reactive ketones (excluding diaryl/α,β-unsaturated/α-hetero) is 1. The minimum absolute atomic E-state index is 0.118. The van der Waals surface area contributed by atoms with Gasteiger partial charge in [-0.25, -0.2) is 0 Å². The minimum Gasteiger partial charge on any atom is -0.295 e. The van der Waals surface area contributed by atoms with E-state index in [9.17, 15) is 4.79 Å². The molecule has 2 heteroatoms. The summed E-state index contributed by atoms with van der Waals surface area (Å²) in [5.41, 5.74) is 4.09. The number of aliphatic imine (C=N–C) groups is 1. The van der Waals surface area contributed by atoms with Crippen LogP contribution in [0, 0.1) is 0 Å². The SMILES string of the molecule is CC(=O)c1ccc2c(c1)CC(C)=N2. The second kappa shape index (κ2) is 2.80. The molecule has 1 aliphatic rings. The van der Waals surface area contributed by atoms with Gasteiger partial charge < -0.3 is 0 Å². The lowest BCUT2D eigenvalue weighted by Gasteiger charge is -1.99. The van der Waals surface area contributed by atoms with E-state index in [4.69, 9.17) is 0 Å². The van der Waals surface area contributed by atoms with Gasteiger partial charge in [-0.05, 0) is 37.6 Å². The van der Waals surface area contributed by atoms with Crippen molar-refractivity contribution in [1.82, 2.24) is 0 Å². The first-order valence-electron chi connectivity index (χ1n) is 4.35. The monoisotopic (exact) mass is 173 g/mol. The zero-order chi connectivity index (χ0) is 9.42. The Morgan fingerprint density at radius 2 is 2.23 bits per heavy atom. The number of rotatable bonds is 1. The second-order valence-corrected chi connectivity index (χ2v) is 3.42. The number of carbonyl (C=O) groups is 1. The third kappa shape index (κ3) is 1.39. The molecule has 0 spiro atoms. The summed E-state index contributed by atoms with van der Waals surface area (Å²) < 4.78 is 0. The molecule has 0 saturated carbocycles. The highest BCUT2D eigenvalue weighted by Gasteiger charge is 2.12. The first kappa shape index (κ1) is 8.17. The van der Waals surface area contributed by atoms with Gasteiger partial charge in [0.1, 0.15) is 0 Å². The van der Waals surface area contributed by atoms with Crippen LogP contribution in [-0.4, -0.2) is 11.5 Å². The third-order valence-corrected chi connectivity index (χ3v) is 2.24. The van der Waals surface area contributed by atoms with Gasteiger partial charge in [-0.15, -0.1) is 0 Å². The van der Waals surface area contributed by atoms with E-state index in [1.807, 2.05) is 25.1 Å². The highest BCUT2D eigenvalue weighted by molar-refractivity contribution is 5.97. The van der Waals surface area contributed by atoms with Gasteiger partial charge >= 0.3 is 0 Å². The molecule has 0 aliphatic carbocycles. The van der Waals surface area contributed by atoms with E-state index in [0.29, 0.717) is 0 Å². The average Bonchev–Trinajstić information content (AvgIpc) is 2.42. The lowest BCUT2D eigenvalue weighted by atomic mass is 10.0. The standard InChI is InChI=1S/C11H11NO/c1-7-5-10-6-9(8(2)13)3-4-11(10)12-7/h3-4,6H,5H2,1-2H3. The lowest BCUT2D eigenvalue weighted by molar-refractivity contribution is 0.101. The first-order valence-corrected chi connectivity index (χ1v) is 4.35. The van der Waals surface area contributed by atoms with E-state index >= 15 is 0 Å². The van der Waals surface area contributed by atoms with Crippen LogP contribution in [0.4, 0.5) is 5.69 Å². The molecule has 13 heavy (non-hydrogen) atoms. The molecule has 0 radical (unpaired) electrons. The van der Waals surface area contributed by atoms with Crippen molar-refractivity contribution in [2.45, 2.75) is 20.3 Å². The van der Waals surface area contributed by atoms with Crippen molar-refractivity contribution in [2.24, 2.45) is 4.99 Å². The van der Waals surface area contributed by atoms with E-state index in [1.165, 1.54) is 5.56 Å². The molecule has 1 aromatic rings. The van der Waals surface area contributed by atoms with E-state index < -0.39 is 0 Å². The van der Waals surface area contributed by atoms with Crippen LogP contribution in [0.1, 0.15) is 29.8 Å². The second-order valence-electron chi connectivity index (χ2n) is 3.42. The molecule has 0 bridgehead atoms. The fourth-order valence-electron chi connectivity index (χ4n) is 1.58. The van der Waals surface area contributed by atoms with Gasteiger partial charge in [0.15, 0.2) is 5.78 Å². The van der Waals surface area contributed by atoms with E-state index in [-0.39, 0.29) is 5.78 Å². The van der Waals surface area contributed by atoms with Gasteiger partial charge in [0.05, 0.1) is 5.69 Å². The van der Waals surface area contributed by atoms with Crippen molar-refractivity contribution in [1.29, 1.82) is 0 Å².